The maximum absolute atomic E-state index is 15.0. The highest BCUT2D eigenvalue weighted by Gasteiger charge is 2.94. The molecule has 1 unspecified atom stereocenters. The first-order valence-corrected chi connectivity index (χ1v) is 14.6. The largest absolute Gasteiger partial charge is 0.458 e. The number of carbonyl (C=O) groups is 4. The lowest BCUT2D eigenvalue weighted by atomic mass is 9.46. The monoisotopic (exact) mass is 558 g/mol. The van der Waals surface area contributed by atoms with Crippen molar-refractivity contribution in [1.82, 2.24) is 0 Å². The molecule has 6 saturated heterocycles. The number of hydrogen-bond donors (Lipinski definition) is 1. The average Bonchev–Trinajstić information content (AvgIpc) is 3.49. The van der Waals surface area contributed by atoms with E-state index in [1.807, 2.05) is 13.8 Å². The number of carbonyl (C=O) groups excluding carboxylic acids is 4. The molecule has 0 aromatic carbocycles. The van der Waals surface area contributed by atoms with Crippen LogP contribution in [0.4, 0.5) is 0 Å². The number of rotatable bonds is 1. The zero-order chi connectivity index (χ0) is 28.0. The first-order chi connectivity index (χ1) is 18.8. The first kappa shape index (κ1) is 24.7. The summed E-state index contributed by atoms with van der Waals surface area (Å²) in [5.41, 5.74) is -8.36. The van der Waals surface area contributed by atoms with Gasteiger partial charge in [-0.3, -0.25) is 14.4 Å². The highest BCUT2D eigenvalue weighted by Crippen LogP contribution is 2.77. The Balaban J connectivity index is 1.30. The van der Waals surface area contributed by atoms with Crippen molar-refractivity contribution in [3.63, 3.8) is 0 Å². The van der Waals surface area contributed by atoms with E-state index in [0.29, 0.717) is 12.8 Å². The Kier molecular flexibility index (Phi) is 4.02. The quantitative estimate of drug-likeness (QED) is 0.357. The van der Waals surface area contributed by atoms with E-state index >= 15 is 4.79 Å². The van der Waals surface area contributed by atoms with Gasteiger partial charge in [-0.1, -0.05) is 6.92 Å². The fourth-order valence-corrected chi connectivity index (χ4v) is 11.5. The summed E-state index contributed by atoms with van der Waals surface area (Å²) in [5, 5.41) is 12.5. The summed E-state index contributed by atoms with van der Waals surface area (Å²) in [6, 6.07) is 0. The number of esters is 2. The minimum atomic E-state index is -2.21. The Bertz CT molecular complexity index is 1350. The Morgan fingerprint density at radius 2 is 1.80 bits per heavy atom. The highest BCUT2D eigenvalue weighted by molar-refractivity contribution is 5.99. The molecule has 9 aliphatic rings. The summed E-state index contributed by atoms with van der Waals surface area (Å²) in [6.07, 6.45) is 0.203. The van der Waals surface area contributed by atoms with Crippen molar-refractivity contribution in [1.29, 1.82) is 0 Å². The topological polar surface area (TPSA) is 147 Å². The molecule has 11 heteroatoms. The van der Waals surface area contributed by atoms with Crippen LogP contribution in [0.25, 0.3) is 0 Å². The maximum Gasteiger partial charge on any atom is 0.342 e. The van der Waals surface area contributed by atoms with E-state index in [1.54, 1.807) is 14.0 Å². The van der Waals surface area contributed by atoms with Gasteiger partial charge in [-0.25, -0.2) is 4.79 Å². The van der Waals surface area contributed by atoms with Gasteiger partial charge in [-0.15, -0.1) is 0 Å². The van der Waals surface area contributed by atoms with Crippen LogP contribution in [0.15, 0.2) is 0 Å². The highest BCUT2D eigenvalue weighted by atomic mass is 16.8. The molecule has 1 N–H and O–H groups in total. The van der Waals surface area contributed by atoms with Crippen molar-refractivity contribution in [2.24, 2.45) is 34.5 Å². The molecule has 9 rings (SSSR count). The zero-order valence-electron chi connectivity index (χ0n) is 23.0. The Hall–Kier alpha value is -1.92. The van der Waals surface area contributed by atoms with E-state index in [-0.39, 0.29) is 56.1 Å². The molecule has 0 aromatic rings. The molecule has 11 nitrogen and oxygen atoms in total. The van der Waals surface area contributed by atoms with Crippen LogP contribution in [0.1, 0.15) is 59.3 Å². The van der Waals surface area contributed by atoms with Gasteiger partial charge in [-0.2, -0.15) is 0 Å². The van der Waals surface area contributed by atoms with Gasteiger partial charge < -0.3 is 33.5 Å². The fraction of sp³-hybridized carbons (Fsp3) is 0.862. The van der Waals surface area contributed by atoms with Crippen LogP contribution in [-0.4, -0.2) is 88.8 Å². The van der Waals surface area contributed by atoms with Gasteiger partial charge in [0.1, 0.15) is 17.5 Å². The predicted molar refractivity (Wildman–Crippen MR) is 128 cm³/mol. The summed E-state index contributed by atoms with van der Waals surface area (Å²) >= 11 is 0. The number of fused-ring (bicyclic) bond motifs is 4. The Labute approximate surface area is 230 Å². The third kappa shape index (κ3) is 2.05. The van der Waals surface area contributed by atoms with Gasteiger partial charge in [0.25, 0.3) is 0 Å². The molecule has 216 valence electrons. The molecule has 0 amide bonds. The van der Waals surface area contributed by atoms with Crippen molar-refractivity contribution in [3.05, 3.63) is 0 Å². The average molecular weight is 559 g/mol. The molecule has 0 radical (unpaired) electrons. The van der Waals surface area contributed by atoms with Crippen LogP contribution >= 0.6 is 0 Å². The normalized spacial score (nSPS) is 63.8. The van der Waals surface area contributed by atoms with E-state index < -0.39 is 80.7 Å². The third-order valence-electron chi connectivity index (χ3n) is 13.6. The lowest BCUT2D eigenvalue weighted by Crippen LogP contribution is -2.79. The summed E-state index contributed by atoms with van der Waals surface area (Å²) in [7, 11) is 1.59. The van der Waals surface area contributed by atoms with Crippen LogP contribution in [0.5, 0.6) is 0 Å². The molecule has 6 aliphatic heterocycles. The number of ether oxygens (including phenoxy) is 6. The van der Waals surface area contributed by atoms with Crippen LogP contribution in [0.2, 0.25) is 0 Å². The van der Waals surface area contributed by atoms with Gasteiger partial charge in [0.2, 0.25) is 5.79 Å². The van der Waals surface area contributed by atoms with Crippen molar-refractivity contribution in [3.8, 4) is 0 Å². The second-order valence-corrected chi connectivity index (χ2v) is 14.5. The molecular weight excluding hydrogens is 524 g/mol. The Morgan fingerprint density at radius 1 is 1.02 bits per heavy atom. The van der Waals surface area contributed by atoms with Gasteiger partial charge in [-0.05, 0) is 50.9 Å². The van der Waals surface area contributed by atoms with Crippen LogP contribution < -0.4 is 0 Å². The second-order valence-electron chi connectivity index (χ2n) is 14.5. The molecule has 6 heterocycles. The molecule has 40 heavy (non-hydrogen) atoms. The molecule has 3 saturated carbocycles. The summed E-state index contributed by atoms with van der Waals surface area (Å²) < 4.78 is 37.4. The van der Waals surface area contributed by atoms with Crippen molar-refractivity contribution >= 4 is 23.5 Å². The van der Waals surface area contributed by atoms with Crippen LogP contribution in [0, 0.1) is 34.5 Å². The molecule has 14 atom stereocenters. The van der Waals surface area contributed by atoms with Crippen LogP contribution in [-0.2, 0) is 47.6 Å². The molecule has 3 spiro atoms. The fourth-order valence-electron chi connectivity index (χ4n) is 11.5. The van der Waals surface area contributed by atoms with Crippen molar-refractivity contribution in [2.75, 3.05) is 13.7 Å². The van der Waals surface area contributed by atoms with Gasteiger partial charge >= 0.3 is 11.9 Å². The lowest BCUT2D eigenvalue weighted by Gasteiger charge is -2.63. The van der Waals surface area contributed by atoms with Gasteiger partial charge in [0.15, 0.2) is 22.6 Å². The number of hydrogen-bond acceptors (Lipinski definition) is 11. The molecule has 9 fully saturated rings. The minimum absolute atomic E-state index is 0.0238. The maximum atomic E-state index is 15.0. The molecule has 0 aromatic heterocycles. The number of epoxide rings is 1. The summed E-state index contributed by atoms with van der Waals surface area (Å²) in [5.74, 6) is -6.57. The van der Waals surface area contributed by atoms with Gasteiger partial charge in [0.05, 0.1) is 36.1 Å². The van der Waals surface area contributed by atoms with Crippen LogP contribution in [0.3, 0.4) is 0 Å². The SMILES string of the molecule is CO[C@@H]1CC(=O)[C@]2(C)[C@H]3CC[C@@]4(O)C(=O)O[C@@]5(C)[C@H]6C[C@@]7(C)C8C(=O)[C@](OC[C@H]7C(=O)O6)(O[C@]845)[C@@H]3C[C@H]3O[C@]32C1. The van der Waals surface area contributed by atoms with Crippen molar-refractivity contribution in [2.45, 2.75) is 106 Å². The number of methoxy groups -OCH3 is 1. The first-order valence-electron chi connectivity index (χ1n) is 14.6. The lowest BCUT2D eigenvalue weighted by molar-refractivity contribution is -0.376. The standard InChI is InChI=1S/C29H34O11/c1-23-10-18-25(3)29-19(23)20(31)28(40-29,36-11-15(23)21(32)37-18)14-8-17-27(38-17)9-12(35-4)7-16(30)24(27,2)13(14)5-6-26(29,34)22(33)39-25/h12-15,17-19,34H,5-11H2,1-4H3/t12-,13+,14-,15+,17-,18-,19?,23-,24+,25+,26-,27-,28-,29+/m1/s1. The molecular formula is C29H34O11. The summed E-state index contributed by atoms with van der Waals surface area (Å²) in [6.45, 7) is 5.28. The summed E-state index contributed by atoms with van der Waals surface area (Å²) in [4.78, 5) is 56.2. The third-order valence-corrected chi connectivity index (χ3v) is 13.6. The Morgan fingerprint density at radius 3 is 2.55 bits per heavy atom. The number of aliphatic hydroxyl groups is 1. The van der Waals surface area contributed by atoms with E-state index in [4.69, 9.17) is 28.4 Å². The zero-order valence-corrected chi connectivity index (χ0v) is 23.0. The van der Waals surface area contributed by atoms with Gasteiger partial charge in [0, 0.05) is 25.9 Å². The molecule has 3 aliphatic carbocycles. The van der Waals surface area contributed by atoms with E-state index in [9.17, 15) is 19.5 Å². The van der Waals surface area contributed by atoms with E-state index in [1.165, 1.54) is 0 Å². The van der Waals surface area contributed by atoms with E-state index in [2.05, 4.69) is 0 Å². The van der Waals surface area contributed by atoms with E-state index in [0.717, 1.165) is 0 Å². The predicted octanol–water partition coefficient (Wildman–Crippen LogP) is 0.617. The van der Waals surface area contributed by atoms with Crippen molar-refractivity contribution < 1.29 is 52.7 Å². The molecule has 5 bridgehead atoms. The smallest absolute Gasteiger partial charge is 0.342 e. The number of Topliss-reactive ketones (excluding diaryl/α,β-unsaturated/α-hetero) is 2. The minimum Gasteiger partial charge on any atom is -0.458 e. The second kappa shape index (κ2) is 6.51. The number of ketones is 2.